The molecule has 1 amide bonds. The molecule has 1 aromatic heterocycles. The van der Waals surface area contributed by atoms with Crippen LogP contribution in [0.25, 0.3) is 0 Å². The quantitative estimate of drug-likeness (QED) is 0.696. The molecule has 4 nitrogen and oxygen atoms in total. The van der Waals surface area contributed by atoms with E-state index in [2.05, 4.69) is 39.9 Å². The Labute approximate surface area is 161 Å². The summed E-state index contributed by atoms with van der Waals surface area (Å²) in [5.74, 6) is 0.870. The fourth-order valence-corrected chi connectivity index (χ4v) is 4.41. The highest BCUT2D eigenvalue weighted by Gasteiger charge is 2.22. The van der Waals surface area contributed by atoms with Crippen LogP contribution in [0.4, 0.5) is 0 Å². The molecule has 0 N–H and O–H groups in total. The van der Waals surface area contributed by atoms with Crippen LogP contribution in [0.5, 0.6) is 5.75 Å². The fourth-order valence-electron chi connectivity index (χ4n) is 2.89. The third kappa shape index (κ3) is 5.06. The molecular formula is C19H23BrN2O2S. The summed E-state index contributed by atoms with van der Waals surface area (Å²) in [5.41, 5.74) is 0.712. The number of benzene rings is 1. The lowest BCUT2D eigenvalue weighted by atomic mass is 10.1. The number of hydrogen-bond acceptors (Lipinski definition) is 4. The van der Waals surface area contributed by atoms with Gasteiger partial charge >= 0.3 is 0 Å². The van der Waals surface area contributed by atoms with Crippen molar-refractivity contribution in [1.29, 1.82) is 0 Å². The van der Waals surface area contributed by atoms with Crippen molar-refractivity contribution in [2.24, 2.45) is 0 Å². The zero-order chi connectivity index (χ0) is 17.6. The highest BCUT2D eigenvalue weighted by molar-refractivity contribution is 9.11. The predicted octanol–water partition coefficient (Wildman–Crippen LogP) is 4.26. The molecule has 6 heteroatoms. The van der Waals surface area contributed by atoms with Crippen LogP contribution in [0, 0.1) is 0 Å². The molecular weight excluding hydrogens is 400 g/mol. The fraction of sp³-hybridized carbons (Fsp3) is 0.421. The second-order valence-corrected chi connectivity index (χ2v) is 8.70. The highest BCUT2D eigenvalue weighted by atomic mass is 79.9. The molecule has 1 aliphatic rings. The van der Waals surface area contributed by atoms with Gasteiger partial charge in [0.25, 0.3) is 5.91 Å². The largest absolute Gasteiger partial charge is 0.494 e. The molecule has 2 heterocycles. The van der Waals surface area contributed by atoms with Gasteiger partial charge in [-0.15, -0.1) is 11.3 Å². The molecule has 0 bridgehead atoms. The lowest BCUT2D eigenvalue weighted by Gasteiger charge is -2.34. The number of nitrogens with zero attached hydrogens (tertiary/aromatic N) is 2. The first-order valence-corrected chi connectivity index (χ1v) is 10.3. The maximum Gasteiger partial charge on any atom is 0.254 e. The molecule has 1 aromatic carbocycles. The first kappa shape index (κ1) is 18.4. The summed E-state index contributed by atoms with van der Waals surface area (Å²) in [6.45, 7) is 7.06. The standard InChI is InChI=1S/C19H23BrN2O2S/c1-2-12-24-16-5-3-4-15(13-16)19(23)22-10-8-21(9-11-22)14-17-6-7-18(20)25-17/h3-7,13H,2,8-12,14H2,1H3. The van der Waals surface area contributed by atoms with Crippen LogP contribution in [-0.2, 0) is 6.54 Å². The lowest BCUT2D eigenvalue weighted by Crippen LogP contribution is -2.48. The number of piperazine rings is 1. The Morgan fingerprint density at radius 2 is 2.00 bits per heavy atom. The third-order valence-corrected chi connectivity index (χ3v) is 5.83. The minimum atomic E-state index is 0.0977. The second-order valence-electron chi connectivity index (χ2n) is 6.15. The summed E-state index contributed by atoms with van der Waals surface area (Å²) >= 11 is 5.28. The number of thiophene rings is 1. The predicted molar refractivity (Wildman–Crippen MR) is 105 cm³/mol. The van der Waals surface area contributed by atoms with Gasteiger partial charge in [0.2, 0.25) is 0 Å². The van der Waals surface area contributed by atoms with E-state index in [4.69, 9.17) is 4.74 Å². The second kappa shape index (κ2) is 8.83. The minimum absolute atomic E-state index is 0.0977. The molecule has 0 atom stereocenters. The SMILES string of the molecule is CCCOc1cccc(C(=O)N2CCN(Cc3ccc(Br)s3)CC2)c1. The van der Waals surface area contributed by atoms with Gasteiger partial charge in [-0.2, -0.15) is 0 Å². The van der Waals surface area contributed by atoms with Gasteiger partial charge in [0.1, 0.15) is 5.75 Å². The monoisotopic (exact) mass is 422 g/mol. The van der Waals surface area contributed by atoms with E-state index in [0.717, 1.165) is 44.9 Å². The Kier molecular flexibility index (Phi) is 6.51. The van der Waals surface area contributed by atoms with Crippen molar-refractivity contribution in [1.82, 2.24) is 9.80 Å². The van der Waals surface area contributed by atoms with Gasteiger partial charge in [-0.25, -0.2) is 0 Å². The Bertz CT molecular complexity index is 711. The molecule has 0 spiro atoms. The summed E-state index contributed by atoms with van der Waals surface area (Å²) in [5, 5.41) is 0. The Morgan fingerprint density at radius 1 is 1.20 bits per heavy atom. The zero-order valence-corrected chi connectivity index (χ0v) is 16.8. The molecule has 0 aliphatic carbocycles. The summed E-state index contributed by atoms with van der Waals surface area (Å²) in [7, 11) is 0. The zero-order valence-electron chi connectivity index (χ0n) is 14.4. The molecule has 1 fully saturated rings. The average Bonchev–Trinajstić information content (AvgIpc) is 3.05. The Morgan fingerprint density at radius 3 is 2.68 bits per heavy atom. The van der Waals surface area contributed by atoms with E-state index in [9.17, 15) is 4.79 Å². The number of halogens is 1. The number of hydrogen-bond donors (Lipinski definition) is 0. The summed E-state index contributed by atoms with van der Waals surface area (Å²) < 4.78 is 6.81. The van der Waals surface area contributed by atoms with E-state index < -0.39 is 0 Å². The van der Waals surface area contributed by atoms with E-state index in [1.165, 1.54) is 8.66 Å². The maximum absolute atomic E-state index is 12.7. The number of rotatable bonds is 6. The van der Waals surface area contributed by atoms with Crippen LogP contribution < -0.4 is 4.74 Å². The molecule has 0 unspecified atom stereocenters. The van der Waals surface area contributed by atoms with Crippen molar-refractivity contribution in [3.8, 4) is 5.75 Å². The van der Waals surface area contributed by atoms with Crippen molar-refractivity contribution in [3.05, 3.63) is 50.6 Å². The Balaban J connectivity index is 1.54. The molecule has 1 aliphatic heterocycles. The van der Waals surface area contributed by atoms with Crippen LogP contribution in [0.2, 0.25) is 0 Å². The Hall–Kier alpha value is -1.37. The molecule has 25 heavy (non-hydrogen) atoms. The minimum Gasteiger partial charge on any atom is -0.494 e. The van der Waals surface area contributed by atoms with E-state index in [1.807, 2.05) is 29.2 Å². The van der Waals surface area contributed by atoms with Crippen LogP contribution in [0.1, 0.15) is 28.6 Å². The van der Waals surface area contributed by atoms with Crippen molar-refractivity contribution in [2.45, 2.75) is 19.9 Å². The molecule has 2 aromatic rings. The van der Waals surface area contributed by atoms with Gasteiger partial charge in [-0.1, -0.05) is 13.0 Å². The summed E-state index contributed by atoms with van der Waals surface area (Å²) in [6.07, 6.45) is 0.959. The first-order valence-electron chi connectivity index (χ1n) is 8.64. The summed E-state index contributed by atoms with van der Waals surface area (Å²) in [4.78, 5) is 18.4. The van der Waals surface area contributed by atoms with Crippen molar-refractivity contribution < 1.29 is 9.53 Å². The summed E-state index contributed by atoms with van der Waals surface area (Å²) in [6, 6.07) is 11.8. The van der Waals surface area contributed by atoms with Crippen LogP contribution >= 0.6 is 27.3 Å². The van der Waals surface area contributed by atoms with Gasteiger partial charge in [-0.3, -0.25) is 9.69 Å². The van der Waals surface area contributed by atoms with Gasteiger partial charge in [0, 0.05) is 43.2 Å². The highest BCUT2D eigenvalue weighted by Crippen LogP contribution is 2.24. The first-order chi connectivity index (χ1) is 12.2. The maximum atomic E-state index is 12.7. The van der Waals surface area contributed by atoms with Gasteiger partial charge in [-0.05, 0) is 52.7 Å². The average molecular weight is 423 g/mol. The molecule has 134 valence electrons. The molecule has 0 saturated carbocycles. The number of ether oxygens (including phenoxy) is 1. The smallest absolute Gasteiger partial charge is 0.254 e. The van der Waals surface area contributed by atoms with Gasteiger partial charge < -0.3 is 9.64 Å². The number of carbonyl (C=O) groups excluding carboxylic acids is 1. The topological polar surface area (TPSA) is 32.8 Å². The van der Waals surface area contributed by atoms with E-state index in [0.29, 0.717) is 12.2 Å². The normalized spacial score (nSPS) is 15.4. The van der Waals surface area contributed by atoms with Crippen molar-refractivity contribution in [3.63, 3.8) is 0 Å². The van der Waals surface area contributed by atoms with E-state index in [-0.39, 0.29) is 5.91 Å². The number of carbonyl (C=O) groups is 1. The molecule has 1 saturated heterocycles. The number of amides is 1. The lowest BCUT2D eigenvalue weighted by molar-refractivity contribution is 0.0629. The van der Waals surface area contributed by atoms with Crippen molar-refractivity contribution in [2.75, 3.05) is 32.8 Å². The van der Waals surface area contributed by atoms with Crippen LogP contribution in [-0.4, -0.2) is 48.5 Å². The van der Waals surface area contributed by atoms with E-state index >= 15 is 0 Å². The van der Waals surface area contributed by atoms with Crippen LogP contribution in [0.15, 0.2) is 40.2 Å². The third-order valence-electron chi connectivity index (χ3n) is 4.22. The molecule has 0 radical (unpaired) electrons. The van der Waals surface area contributed by atoms with Gasteiger partial charge in [0.15, 0.2) is 0 Å². The van der Waals surface area contributed by atoms with Crippen molar-refractivity contribution >= 4 is 33.2 Å². The van der Waals surface area contributed by atoms with Gasteiger partial charge in [0.05, 0.1) is 10.4 Å². The van der Waals surface area contributed by atoms with Crippen LogP contribution in [0.3, 0.4) is 0 Å². The molecule has 3 rings (SSSR count). The van der Waals surface area contributed by atoms with E-state index in [1.54, 1.807) is 11.3 Å².